The van der Waals surface area contributed by atoms with E-state index >= 15 is 0 Å². The number of likely N-dealkylation sites (tertiary alicyclic amines) is 1. The second-order valence-electron chi connectivity index (χ2n) is 7.49. The van der Waals surface area contributed by atoms with Crippen molar-refractivity contribution in [1.29, 1.82) is 0 Å². The van der Waals surface area contributed by atoms with Crippen molar-refractivity contribution in [2.24, 2.45) is 5.92 Å². The molecule has 3 aromatic rings. The minimum Gasteiger partial charge on any atom is -0.380 e. The minimum atomic E-state index is 0.593. The monoisotopic (exact) mass is 423 g/mol. The summed E-state index contributed by atoms with van der Waals surface area (Å²) in [6.45, 7) is 3.31. The van der Waals surface area contributed by atoms with Crippen LogP contribution in [0.4, 0.5) is 0 Å². The van der Waals surface area contributed by atoms with Crippen molar-refractivity contribution < 1.29 is 9.53 Å². The molecule has 1 aliphatic heterocycles. The molecule has 2 N–H and O–H groups in total. The van der Waals surface area contributed by atoms with Crippen LogP contribution < -0.4 is 5.32 Å². The molecular formula is C24H29N3O2S. The van der Waals surface area contributed by atoms with E-state index in [0.29, 0.717) is 12.5 Å². The lowest BCUT2D eigenvalue weighted by Gasteiger charge is -2.29. The van der Waals surface area contributed by atoms with Crippen LogP contribution in [0.1, 0.15) is 24.0 Å². The van der Waals surface area contributed by atoms with Gasteiger partial charge in [0.1, 0.15) is 4.99 Å². The van der Waals surface area contributed by atoms with Crippen LogP contribution in [0.5, 0.6) is 0 Å². The predicted molar refractivity (Wildman–Crippen MR) is 126 cm³/mol. The number of aromatic nitrogens is 1. The summed E-state index contributed by atoms with van der Waals surface area (Å²) >= 11 is 5.48. The standard InChI is InChI=1S/C16H19N3OS.C8H10O/c20-11-19-7-4-12(5-8-19)10-18-16(21)14-1-2-15-13(9-14)3-6-17-15;1-9-7-8-5-3-2-4-6-8/h1-3,6,9,11-12,17H,4-5,7-8,10H2,(H,18,21);2-6H,7H2,1H3. The third-order valence-electron chi connectivity index (χ3n) is 5.32. The van der Waals surface area contributed by atoms with Gasteiger partial charge < -0.3 is 19.9 Å². The Morgan fingerprint density at radius 2 is 1.97 bits per heavy atom. The van der Waals surface area contributed by atoms with Crippen LogP contribution in [0.15, 0.2) is 60.8 Å². The molecule has 5 nitrogen and oxygen atoms in total. The average Bonchev–Trinajstić information content (AvgIpc) is 3.27. The number of amides is 1. The maximum absolute atomic E-state index is 10.7. The zero-order chi connectivity index (χ0) is 21.2. The van der Waals surface area contributed by atoms with Crippen LogP contribution in [-0.4, -0.2) is 48.0 Å². The molecule has 0 spiro atoms. The van der Waals surface area contributed by atoms with Gasteiger partial charge in [0.2, 0.25) is 6.41 Å². The Kier molecular flexibility index (Phi) is 8.41. The maximum Gasteiger partial charge on any atom is 0.209 e. The number of thiocarbonyl (C=S) groups is 1. The molecule has 158 valence electrons. The normalized spacial score (nSPS) is 14.1. The number of hydrogen-bond donors (Lipinski definition) is 2. The number of nitrogens with one attached hydrogen (secondary N) is 2. The predicted octanol–water partition coefficient (Wildman–Crippen LogP) is 4.13. The molecule has 1 aliphatic rings. The number of carbonyl (C=O) groups is 1. The van der Waals surface area contributed by atoms with Crippen molar-refractivity contribution >= 4 is 34.5 Å². The van der Waals surface area contributed by atoms with Crippen LogP contribution in [0, 0.1) is 5.92 Å². The number of rotatable bonds is 6. The molecule has 2 heterocycles. The molecule has 1 saturated heterocycles. The zero-order valence-corrected chi connectivity index (χ0v) is 18.2. The van der Waals surface area contributed by atoms with Crippen LogP contribution in [0.3, 0.4) is 0 Å². The number of methoxy groups -OCH3 is 1. The first kappa shape index (κ1) is 22.0. The van der Waals surface area contributed by atoms with E-state index in [0.717, 1.165) is 55.0 Å². The SMILES string of the molecule is COCc1ccccc1.O=CN1CCC(CNC(=S)c2ccc3[nH]ccc3c2)CC1. The fourth-order valence-electron chi connectivity index (χ4n) is 3.54. The number of H-pyrrole nitrogens is 1. The van der Waals surface area contributed by atoms with Gasteiger partial charge in [0.25, 0.3) is 0 Å². The lowest BCUT2D eigenvalue weighted by molar-refractivity contribution is -0.119. The number of piperidine rings is 1. The zero-order valence-electron chi connectivity index (χ0n) is 17.3. The molecule has 0 aliphatic carbocycles. The summed E-state index contributed by atoms with van der Waals surface area (Å²) in [5.41, 5.74) is 3.41. The second-order valence-corrected chi connectivity index (χ2v) is 7.90. The van der Waals surface area contributed by atoms with Crippen LogP contribution in [0.2, 0.25) is 0 Å². The molecule has 2 aromatic carbocycles. The third-order valence-corrected chi connectivity index (χ3v) is 5.70. The fraction of sp³-hybridized carbons (Fsp3) is 0.333. The third kappa shape index (κ3) is 6.40. The Balaban J connectivity index is 0.000000239. The van der Waals surface area contributed by atoms with Crippen molar-refractivity contribution in [3.8, 4) is 0 Å². The van der Waals surface area contributed by atoms with Gasteiger partial charge in [-0.2, -0.15) is 0 Å². The molecule has 0 unspecified atom stereocenters. The highest BCUT2D eigenvalue weighted by Crippen LogP contribution is 2.17. The topological polar surface area (TPSA) is 57.4 Å². The number of carbonyl (C=O) groups excluding carboxylic acids is 1. The smallest absolute Gasteiger partial charge is 0.209 e. The maximum atomic E-state index is 10.7. The molecule has 30 heavy (non-hydrogen) atoms. The van der Waals surface area contributed by atoms with E-state index in [9.17, 15) is 4.79 Å². The Hall–Kier alpha value is -2.70. The summed E-state index contributed by atoms with van der Waals surface area (Å²) in [5.74, 6) is 0.593. The van der Waals surface area contributed by atoms with E-state index < -0.39 is 0 Å². The molecule has 4 rings (SSSR count). The Labute approximate surface area is 183 Å². The molecule has 6 heteroatoms. The summed E-state index contributed by atoms with van der Waals surface area (Å²) in [7, 11) is 1.70. The minimum absolute atomic E-state index is 0.593. The lowest BCUT2D eigenvalue weighted by Crippen LogP contribution is -2.37. The van der Waals surface area contributed by atoms with Crippen molar-refractivity contribution in [2.75, 3.05) is 26.7 Å². The van der Waals surface area contributed by atoms with E-state index in [2.05, 4.69) is 28.5 Å². The van der Waals surface area contributed by atoms with Gasteiger partial charge in [0, 0.05) is 49.4 Å². The second kappa shape index (κ2) is 11.5. The van der Waals surface area contributed by atoms with Gasteiger partial charge in [0.05, 0.1) is 6.61 Å². The van der Waals surface area contributed by atoms with Gasteiger partial charge in [-0.25, -0.2) is 0 Å². The quantitative estimate of drug-likeness (QED) is 0.462. The molecule has 0 saturated carbocycles. The first-order valence-corrected chi connectivity index (χ1v) is 10.7. The van der Waals surface area contributed by atoms with E-state index in [4.69, 9.17) is 17.0 Å². The molecule has 1 aromatic heterocycles. The van der Waals surface area contributed by atoms with Gasteiger partial charge >= 0.3 is 0 Å². The number of nitrogens with zero attached hydrogens (tertiary/aromatic N) is 1. The molecule has 1 fully saturated rings. The van der Waals surface area contributed by atoms with E-state index in [1.165, 1.54) is 10.9 Å². The van der Waals surface area contributed by atoms with E-state index in [1.54, 1.807) is 7.11 Å². The highest BCUT2D eigenvalue weighted by atomic mass is 32.1. The summed E-state index contributed by atoms with van der Waals surface area (Å²) in [4.78, 5) is 16.5. The molecule has 0 radical (unpaired) electrons. The van der Waals surface area contributed by atoms with E-state index in [-0.39, 0.29) is 0 Å². The number of fused-ring (bicyclic) bond motifs is 1. The van der Waals surface area contributed by atoms with E-state index in [1.807, 2.05) is 47.5 Å². The summed E-state index contributed by atoms with van der Waals surface area (Å²) in [6, 6.07) is 18.4. The van der Waals surface area contributed by atoms with Crippen LogP contribution >= 0.6 is 12.2 Å². The van der Waals surface area contributed by atoms with Gasteiger partial charge in [0.15, 0.2) is 0 Å². The van der Waals surface area contributed by atoms with Crippen molar-refractivity contribution in [2.45, 2.75) is 19.4 Å². The van der Waals surface area contributed by atoms with Gasteiger partial charge in [-0.15, -0.1) is 0 Å². The Morgan fingerprint density at radius 3 is 2.67 bits per heavy atom. The number of hydrogen-bond acceptors (Lipinski definition) is 3. The summed E-state index contributed by atoms with van der Waals surface area (Å²) < 4.78 is 4.93. The van der Waals surface area contributed by atoms with Crippen molar-refractivity contribution in [3.63, 3.8) is 0 Å². The first-order chi connectivity index (χ1) is 14.7. The summed E-state index contributed by atoms with van der Waals surface area (Å²) in [6.07, 6.45) is 4.97. The van der Waals surface area contributed by atoms with Crippen molar-refractivity contribution in [3.05, 3.63) is 71.9 Å². The Morgan fingerprint density at radius 1 is 1.20 bits per heavy atom. The molecule has 1 amide bonds. The van der Waals surface area contributed by atoms with Crippen LogP contribution in [-0.2, 0) is 16.1 Å². The molecule has 0 bridgehead atoms. The highest BCUT2D eigenvalue weighted by molar-refractivity contribution is 7.80. The van der Waals surface area contributed by atoms with Gasteiger partial charge in [-0.05, 0) is 48.6 Å². The molecule has 0 atom stereocenters. The first-order valence-electron chi connectivity index (χ1n) is 10.3. The lowest BCUT2D eigenvalue weighted by atomic mass is 9.97. The largest absolute Gasteiger partial charge is 0.380 e. The summed E-state index contributed by atoms with van der Waals surface area (Å²) in [5, 5.41) is 4.55. The number of aromatic amines is 1. The number of benzene rings is 2. The fourth-order valence-corrected chi connectivity index (χ4v) is 3.75. The van der Waals surface area contributed by atoms with Crippen LogP contribution in [0.25, 0.3) is 10.9 Å². The van der Waals surface area contributed by atoms with Gasteiger partial charge in [-0.1, -0.05) is 42.5 Å². The van der Waals surface area contributed by atoms with Crippen molar-refractivity contribution in [1.82, 2.24) is 15.2 Å². The Bertz CT molecular complexity index is 934. The molecular weight excluding hydrogens is 394 g/mol. The van der Waals surface area contributed by atoms with Gasteiger partial charge in [-0.3, -0.25) is 4.79 Å². The average molecular weight is 424 g/mol. The number of ether oxygens (including phenoxy) is 1. The highest BCUT2D eigenvalue weighted by Gasteiger charge is 2.18.